The molecule has 29 heavy (non-hydrogen) atoms. The van der Waals surface area contributed by atoms with Gasteiger partial charge in [-0.25, -0.2) is 4.79 Å². The van der Waals surface area contributed by atoms with Gasteiger partial charge in [-0.2, -0.15) is 0 Å². The number of carbonyl (C=O) groups excluding carboxylic acids is 4. The maximum atomic E-state index is 12.9. The van der Waals surface area contributed by atoms with E-state index in [1.807, 2.05) is 20.8 Å². The molecule has 0 unspecified atom stereocenters. The number of ether oxygens (including phenoxy) is 1. The van der Waals surface area contributed by atoms with E-state index < -0.39 is 42.1 Å². The van der Waals surface area contributed by atoms with Gasteiger partial charge in [0.1, 0.15) is 12.1 Å². The summed E-state index contributed by atoms with van der Waals surface area (Å²) in [6.07, 6.45) is 4.07. The van der Waals surface area contributed by atoms with Gasteiger partial charge < -0.3 is 15.4 Å². The standard InChI is InChI=1S/C21H35N3O5/c1-14-9-7-8-10-21(14)17(27)24(18(28)23-21)11-16(26)29-12-15(25)22-20(5,6)13-19(2,3)4/h14H,7-13H2,1-6H3,(H,22,25)(H,23,28)/t14-,21-/m0/s1. The third kappa shape index (κ3) is 5.70. The molecular formula is C21H35N3O5. The normalized spacial score (nSPS) is 25.2. The van der Waals surface area contributed by atoms with Gasteiger partial charge in [0.15, 0.2) is 6.61 Å². The number of imide groups is 1. The Morgan fingerprint density at radius 3 is 2.45 bits per heavy atom. The van der Waals surface area contributed by atoms with Crippen molar-refractivity contribution in [1.29, 1.82) is 0 Å². The molecule has 1 spiro atoms. The van der Waals surface area contributed by atoms with E-state index in [1.54, 1.807) is 0 Å². The van der Waals surface area contributed by atoms with Crippen molar-refractivity contribution in [2.75, 3.05) is 13.2 Å². The van der Waals surface area contributed by atoms with Crippen molar-refractivity contribution in [3.05, 3.63) is 0 Å². The van der Waals surface area contributed by atoms with Gasteiger partial charge in [0, 0.05) is 5.54 Å². The Morgan fingerprint density at radius 1 is 1.21 bits per heavy atom. The predicted molar refractivity (Wildman–Crippen MR) is 108 cm³/mol. The zero-order valence-electron chi connectivity index (χ0n) is 18.5. The lowest BCUT2D eigenvalue weighted by Gasteiger charge is -2.36. The number of nitrogens with zero attached hydrogens (tertiary/aromatic N) is 1. The fraction of sp³-hybridized carbons (Fsp3) is 0.810. The minimum atomic E-state index is -0.913. The number of rotatable bonds is 6. The molecule has 1 aliphatic carbocycles. The second kappa shape index (κ2) is 8.32. The van der Waals surface area contributed by atoms with Gasteiger partial charge in [0.2, 0.25) is 0 Å². The molecule has 0 aromatic carbocycles. The predicted octanol–water partition coefficient (Wildman–Crippen LogP) is 2.36. The van der Waals surface area contributed by atoms with Crippen molar-refractivity contribution in [2.45, 2.75) is 84.7 Å². The molecule has 8 nitrogen and oxygen atoms in total. The van der Waals surface area contributed by atoms with Crippen LogP contribution < -0.4 is 10.6 Å². The van der Waals surface area contributed by atoms with E-state index >= 15 is 0 Å². The molecule has 1 saturated heterocycles. The molecule has 2 rings (SSSR count). The van der Waals surface area contributed by atoms with Crippen molar-refractivity contribution >= 4 is 23.8 Å². The molecule has 1 heterocycles. The average Bonchev–Trinajstić information content (AvgIpc) is 2.78. The molecule has 0 aromatic heterocycles. The number of hydrogen-bond acceptors (Lipinski definition) is 5. The fourth-order valence-corrected chi connectivity index (χ4v) is 4.74. The second-order valence-electron chi connectivity index (χ2n) is 10.3. The van der Waals surface area contributed by atoms with Gasteiger partial charge in [0.25, 0.3) is 11.8 Å². The molecule has 4 amide bonds. The van der Waals surface area contributed by atoms with E-state index in [2.05, 4.69) is 31.4 Å². The largest absolute Gasteiger partial charge is 0.454 e. The summed E-state index contributed by atoms with van der Waals surface area (Å²) >= 11 is 0. The van der Waals surface area contributed by atoms with Crippen molar-refractivity contribution in [3.8, 4) is 0 Å². The Bertz CT molecular complexity index is 682. The van der Waals surface area contributed by atoms with E-state index in [9.17, 15) is 19.2 Å². The van der Waals surface area contributed by atoms with Crippen LogP contribution in [0, 0.1) is 11.3 Å². The van der Waals surface area contributed by atoms with Crippen LogP contribution in [0.4, 0.5) is 4.79 Å². The van der Waals surface area contributed by atoms with Crippen LogP contribution in [-0.4, -0.2) is 52.9 Å². The molecule has 2 aliphatic rings. The number of hydrogen-bond donors (Lipinski definition) is 2. The lowest BCUT2D eigenvalue weighted by Crippen LogP contribution is -2.54. The van der Waals surface area contributed by atoms with Crippen LogP contribution in [0.5, 0.6) is 0 Å². The molecule has 164 valence electrons. The zero-order chi connectivity index (χ0) is 22.0. The van der Waals surface area contributed by atoms with E-state index in [0.717, 1.165) is 30.6 Å². The lowest BCUT2D eigenvalue weighted by atomic mass is 9.73. The first kappa shape index (κ1) is 23.2. The summed E-state index contributed by atoms with van der Waals surface area (Å²) in [5.74, 6) is -1.55. The summed E-state index contributed by atoms with van der Waals surface area (Å²) in [5, 5.41) is 5.65. The van der Waals surface area contributed by atoms with Gasteiger partial charge in [0.05, 0.1) is 0 Å². The Balaban J connectivity index is 1.87. The Labute approximate surface area is 173 Å². The minimum absolute atomic E-state index is 0.0181. The summed E-state index contributed by atoms with van der Waals surface area (Å²) in [4.78, 5) is 50.4. The topological polar surface area (TPSA) is 105 Å². The van der Waals surface area contributed by atoms with Gasteiger partial charge in [-0.3, -0.25) is 19.3 Å². The molecule has 0 radical (unpaired) electrons. The van der Waals surface area contributed by atoms with Gasteiger partial charge >= 0.3 is 12.0 Å². The van der Waals surface area contributed by atoms with Gasteiger partial charge in [-0.1, -0.05) is 40.5 Å². The van der Waals surface area contributed by atoms with Gasteiger partial charge in [-0.15, -0.1) is 0 Å². The van der Waals surface area contributed by atoms with Crippen LogP contribution in [0.25, 0.3) is 0 Å². The van der Waals surface area contributed by atoms with Crippen LogP contribution in [0.15, 0.2) is 0 Å². The van der Waals surface area contributed by atoms with Crippen molar-refractivity contribution in [2.24, 2.45) is 11.3 Å². The highest BCUT2D eigenvalue weighted by molar-refractivity contribution is 6.09. The molecule has 0 aromatic rings. The number of amides is 4. The Kier molecular flexibility index (Phi) is 6.65. The SMILES string of the molecule is C[C@H]1CCCC[C@]12NC(=O)N(CC(=O)OCC(=O)NC(C)(C)CC(C)(C)C)C2=O. The highest BCUT2D eigenvalue weighted by Gasteiger charge is 2.55. The highest BCUT2D eigenvalue weighted by Crippen LogP contribution is 2.38. The van der Waals surface area contributed by atoms with E-state index in [-0.39, 0.29) is 17.2 Å². The molecular weight excluding hydrogens is 374 g/mol. The van der Waals surface area contributed by atoms with Crippen LogP contribution >= 0.6 is 0 Å². The third-order valence-corrected chi connectivity index (χ3v) is 5.60. The Morgan fingerprint density at radius 2 is 1.86 bits per heavy atom. The summed E-state index contributed by atoms with van der Waals surface area (Å²) in [5.41, 5.74) is -1.33. The number of urea groups is 1. The third-order valence-electron chi connectivity index (χ3n) is 5.60. The first-order valence-electron chi connectivity index (χ1n) is 10.4. The first-order chi connectivity index (χ1) is 13.3. The maximum Gasteiger partial charge on any atom is 0.326 e. The monoisotopic (exact) mass is 409 g/mol. The molecule has 0 bridgehead atoms. The summed E-state index contributed by atoms with van der Waals surface area (Å²) in [7, 11) is 0. The fourth-order valence-electron chi connectivity index (χ4n) is 4.74. The molecule has 8 heteroatoms. The number of esters is 1. The molecule has 1 aliphatic heterocycles. The van der Waals surface area contributed by atoms with Crippen LogP contribution in [0.2, 0.25) is 0 Å². The zero-order valence-corrected chi connectivity index (χ0v) is 18.5. The molecule has 2 N–H and O–H groups in total. The summed E-state index contributed by atoms with van der Waals surface area (Å²) in [6, 6.07) is -0.573. The maximum absolute atomic E-state index is 12.9. The van der Waals surface area contributed by atoms with E-state index in [0.29, 0.717) is 6.42 Å². The van der Waals surface area contributed by atoms with Crippen molar-refractivity contribution in [1.82, 2.24) is 15.5 Å². The minimum Gasteiger partial charge on any atom is -0.454 e. The van der Waals surface area contributed by atoms with Crippen LogP contribution in [0.3, 0.4) is 0 Å². The molecule has 1 saturated carbocycles. The number of nitrogens with one attached hydrogen (secondary N) is 2. The van der Waals surface area contributed by atoms with Gasteiger partial charge in [-0.05, 0) is 44.4 Å². The summed E-state index contributed by atoms with van der Waals surface area (Å²) in [6.45, 7) is 11.1. The highest BCUT2D eigenvalue weighted by atomic mass is 16.5. The summed E-state index contributed by atoms with van der Waals surface area (Å²) < 4.78 is 5.02. The van der Waals surface area contributed by atoms with Crippen molar-refractivity contribution in [3.63, 3.8) is 0 Å². The number of carbonyl (C=O) groups is 4. The first-order valence-corrected chi connectivity index (χ1v) is 10.4. The molecule has 2 fully saturated rings. The van der Waals surface area contributed by atoms with E-state index in [1.165, 1.54) is 0 Å². The van der Waals surface area contributed by atoms with E-state index in [4.69, 9.17) is 4.74 Å². The quantitative estimate of drug-likeness (QED) is 0.518. The van der Waals surface area contributed by atoms with Crippen molar-refractivity contribution < 1.29 is 23.9 Å². The average molecular weight is 410 g/mol. The lowest BCUT2D eigenvalue weighted by molar-refractivity contribution is -0.151. The second-order valence-corrected chi connectivity index (χ2v) is 10.3. The van der Waals surface area contributed by atoms with Crippen LogP contribution in [-0.2, 0) is 19.1 Å². The smallest absolute Gasteiger partial charge is 0.326 e. The van der Waals surface area contributed by atoms with Crippen LogP contribution in [0.1, 0.15) is 73.6 Å². The molecule has 2 atom stereocenters. The Hall–Kier alpha value is -2.12.